The highest BCUT2D eigenvalue weighted by molar-refractivity contribution is 6.36. The lowest BCUT2D eigenvalue weighted by Gasteiger charge is -2.14. The largest absolute Gasteiger partial charge is 0.487 e. The predicted molar refractivity (Wildman–Crippen MR) is 131 cm³/mol. The molecule has 2 heterocycles. The van der Waals surface area contributed by atoms with Crippen molar-refractivity contribution >= 4 is 34.1 Å². The van der Waals surface area contributed by atoms with E-state index in [1.165, 1.54) is 6.33 Å². The highest BCUT2D eigenvalue weighted by Gasteiger charge is 2.15. The van der Waals surface area contributed by atoms with Crippen LogP contribution in [0.3, 0.4) is 0 Å². The molecule has 0 amide bonds. The van der Waals surface area contributed by atoms with E-state index in [9.17, 15) is 0 Å². The molecule has 0 radical (unpaired) electrons. The number of hydrogen-bond acceptors (Lipinski definition) is 9. The van der Waals surface area contributed by atoms with Crippen LogP contribution in [-0.2, 0) is 16.1 Å². The molecule has 0 aliphatic carbocycles. The Morgan fingerprint density at radius 2 is 1.57 bits per heavy atom. The molecule has 4 aromatic rings. The Morgan fingerprint density at radius 1 is 0.829 bits per heavy atom. The van der Waals surface area contributed by atoms with Crippen LogP contribution >= 0.6 is 23.2 Å². The molecule has 0 N–H and O–H groups in total. The van der Waals surface area contributed by atoms with Gasteiger partial charge in [0, 0.05) is 36.9 Å². The molecule has 184 valence electrons. The van der Waals surface area contributed by atoms with Gasteiger partial charge in [0.15, 0.2) is 23.9 Å². The number of ether oxygens (including phenoxy) is 5. The minimum Gasteiger partial charge on any atom is -0.487 e. The molecule has 9 nitrogen and oxygen atoms in total. The van der Waals surface area contributed by atoms with E-state index in [1.807, 2.05) is 0 Å². The average molecular weight is 520 g/mol. The molecular formula is C24H23Cl2N3O6. The lowest BCUT2D eigenvalue weighted by molar-refractivity contribution is 0.132. The van der Waals surface area contributed by atoms with Crippen LogP contribution < -0.4 is 14.2 Å². The van der Waals surface area contributed by atoms with Crippen molar-refractivity contribution in [2.24, 2.45) is 0 Å². The van der Waals surface area contributed by atoms with E-state index >= 15 is 0 Å². The minimum atomic E-state index is 0.0935. The van der Waals surface area contributed by atoms with Gasteiger partial charge in [-0.1, -0.05) is 28.4 Å². The van der Waals surface area contributed by atoms with Crippen molar-refractivity contribution in [1.82, 2.24) is 15.1 Å². The number of nitrogens with zero attached hydrogens (tertiary/aromatic N) is 3. The summed E-state index contributed by atoms with van der Waals surface area (Å²) in [6.45, 7) is 1.67. The van der Waals surface area contributed by atoms with Gasteiger partial charge in [0.05, 0.1) is 29.1 Å². The van der Waals surface area contributed by atoms with Crippen molar-refractivity contribution < 1.29 is 28.2 Å². The fraction of sp³-hybridized carbons (Fsp3) is 0.292. The topological polar surface area (TPSA) is 98.0 Å². The van der Waals surface area contributed by atoms with Gasteiger partial charge in [-0.3, -0.25) is 0 Å². The Morgan fingerprint density at radius 3 is 2.29 bits per heavy atom. The van der Waals surface area contributed by atoms with Crippen molar-refractivity contribution in [3.8, 4) is 28.6 Å². The molecule has 2 aromatic heterocycles. The van der Waals surface area contributed by atoms with Gasteiger partial charge >= 0.3 is 0 Å². The molecule has 11 heteroatoms. The molecule has 35 heavy (non-hydrogen) atoms. The summed E-state index contributed by atoms with van der Waals surface area (Å²) in [5.41, 5.74) is 1.91. The summed E-state index contributed by atoms with van der Waals surface area (Å²) in [6, 6.07) is 10.5. The molecule has 0 atom stereocenters. The van der Waals surface area contributed by atoms with Crippen molar-refractivity contribution in [2.75, 3.05) is 40.6 Å². The summed E-state index contributed by atoms with van der Waals surface area (Å²) in [5, 5.41) is 5.75. The number of halogens is 2. The van der Waals surface area contributed by atoms with Gasteiger partial charge in [0.25, 0.3) is 0 Å². The molecule has 0 bridgehead atoms. The Bertz CT molecular complexity index is 1280. The van der Waals surface area contributed by atoms with Gasteiger partial charge in [-0.15, -0.1) is 0 Å². The summed E-state index contributed by atoms with van der Waals surface area (Å²) in [7, 11) is 3.22. The van der Waals surface area contributed by atoms with E-state index in [0.717, 1.165) is 0 Å². The summed E-state index contributed by atoms with van der Waals surface area (Å²) in [4.78, 5) is 8.62. The molecule has 0 saturated heterocycles. The van der Waals surface area contributed by atoms with Crippen LogP contribution in [0.1, 0.15) is 5.76 Å². The van der Waals surface area contributed by atoms with Crippen molar-refractivity contribution in [3.05, 3.63) is 58.5 Å². The Hall–Kier alpha value is -3.11. The zero-order chi connectivity index (χ0) is 24.6. The summed E-state index contributed by atoms with van der Waals surface area (Å²) >= 11 is 12.2. The zero-order valence-electron chi connectivity index (χ0n) is 19.1. The first-order valence-corrected chi connectivity index (χ1v) is 11.4. The number of aromatic nitrogens is 3. The third-order valence-electron chi connectivity index (χ3n) is 4.87. The highest BCUT2D eigenvalue weighted by atomic mass is 35.5. The van der Waals surface area contributed by atoms with E-state index < -0.39 is 0 Å². The smallest absolute Gasteiger partial charge is 0.225 e. The first-order valence-electron chi connectivity index (χ1n) is 10.6. The maximum absolute atomic E-state index is 6.27. The molecule has 0 unspecified atom stereocenters. The van der Waals surface area contributed by atoms with Gasteiger partial charge in [-0.25, -0.2) is 9.97 Å². The monoisotopic (exact) mass is 519 g/mol. The van der Waals surface area contributed by atoms with E-state index in [2.05, 4.69) is 15.1 Å². The van der Waals surface area contributed by atoms with Crippen LogP contribution in [0.4, 0.5) is 0 Å². The number of hydrogen-bond donors (Lipinski definition) is 0. The van der Waals surface area contributed by atoms with E-state index in [-0.39, 0.29) is 6.61 Å². The second kappa shape index (κ2) is 12.0. The van der Waals surface area contributed by atoms with E-state index in [4.69, 9.17) is 51.4 Å². The number of benzene rings is 2. The maximum Gasteiger partial charge on any atom is 0.225 e. The molecular weight excluding hydrogens is 497 g/mol. The lowest BCUT2D eigenvalue weighted by atomic mass is 10.1. The van der Waals surface area contributed by atoms with Gasteiger partial charge in [0.2, 0.25) is 5.88 Å². The van der Waals surface area contributed by atoms with Crippen LogP contribution in [0.25, 0.3) is 22.2 Å². The average Bonchev–Trinajstić information content (AvgIpc) is 3.32. The van der Waals surface area contributed by atoms with Crippen LogP contribution in [0.2, 0.25) is 10.0 Å². The first-order chi connectivity index (χ1) is 17.1. The SMILES string of the molecule is COCCOc1cc2ncnc(OCc3cc(-c4ccc(Cl)cc4Cl)no3)c2cc1OCCOC. The van der Waals surface area contributed by atoms with Crippen LogP contribution in [0.15, 0.2) is 47.2 Å². The third kappa shape index (κ3) is 6.32. The second-order valence-electron chi connectivity index (χ2n) is 7.27. The molecule has 0 aliphatic heterocycles. The third-order valence-corrected chi connectivity index (χ3v) is 5.42. The fourth-order valence-electron chi connectivity index (χ4n) is 3.20. The Balaban J connectivity index is 1.55. The predicted octanol–water partition coefficient (Wildman–Crippen LogP) is 5.22. The maximum atomic E-state index is 6.27. The summed E-state index contributed by atoms with van der Waals surface area (Å²) < 4.78 is 33.2. The fourth-order valence-corrected chi connectivity index (χ4v) is 3.70. The van der Waals surface area contributed by atoms with Crippen molar-refractivity contribution in [3.63, 3.8) is 0 Å². The molecule has 2 aromatic carbocycles. The van der Waals surface area contributed by atoms with Crippen LogP contribution in [0.5, 0.6) is 17.4 Å². The Kier molecular flexibility index (Phi) is 8.59. The number of fused-ring (bicyclic) bond motifs is 1. The molecule has 0 spiro atoms. The van der Waals surface area contributed by atoms with E-state index in [1.54, 1.807) is 50.6 Å². The molecule has 0 fully saturated rings. The normalized spacial score (nSPS) is 11.1. The first kappa shape index (κ1) is 25.0. The van der Waals surface area contributed by atoms with Crippen LogP contribution in [0, 0.1) is 0 Å². The lowest BCUT2D eigenvalue weighted by Crippen LogP contribution is -2.09. The van der Waals surface area contributed by atoms with Crippen LogP contribution in [-0.4, -0.2) is 55.8 Å². The summed E-state index contributed by atoms with van der Waals surface area (Å²) in [6.07, 6.45) is 1.42. The molecule has 0 aliphatic rings. The highest BCUT2D eigenvalue weighted by Crippen LogP contribution is 2.35. The van der Waals surface area contributed by atoms with Gasteiger partial charge in [0.1, 0.15) is 25.2 Å². The second-order valence-corrected chi connectivity index (χ2v) is 8.11. The minimum absolute atomic E-state index is 0.0935. The Labute approximate surface area is 211 Å². The quantitative estimate of drug-likeness (QED) is 0.233. The van der Waals surface area contributed by atoms with E-state index in [0.29, 0.717) is 81.8 Å². The zero-order valence-corrected chi connectivity index (χ0v) is 20.6. The van der Waals surface area contributed by atoms with Gasteiger partial charge in [-0.2, -0.15) is 0 Å². The molecule has 4 rings (SSSR count). The number of rotatable bonds is 12. The van der Waals surface area contributed by atoms with Crippen molar-refractivity contribution in [1.29, 1.82) is 0 Å². The van der Waals surface area contributed by atoms with Crippen molar-refractivity contribution in [2.45, 2.75) is 6.61 Å². The van der Waals surface area contributed by atoms with Gasteiger partial charge < -0.3 is 28.2 Å². The summed E-state index contributed by atoms with van der Waals surface area (Å²) in [5.74, 6) is 1.91. The standard InChI is InChI=1S/C24H23Cl2N3O6/c1-30-5-7-32-22-11-18-20(12-23(22)33-8-6-31-2)27-14-28-24(18)34-13-16-10-21(29-35-16)17-4-3-15(25)9-19(17)26/h3-4,9-12,14H,5-8,13H2,1-2H3. The molecule has 0 saturated carbocycles. The number of methoxy groups -OCH3 is 2. The van der Waals surface area contributed by atoms with Gasteiger partial charge in [-0.05, 0) is 24.3 Å².